The standard InChI is InChI=1S/C19H21N3O3S/c23-19(20-15-10-12-26(24,25)13-15)21-16-6-2-4-8-18(16)22-11-9-14-5-1-3-7-17(14)22/h1-8,15H,9-13H2,(H2,20,21,23)/t15-/m1/s1. The van der Waals surface area contributed by atoms with E-state index in [1.165, 1.54) is 5.56 Å². The molecule has 2 amide bonds. The molecule has 136 valence electrons. The number of anilines is 3. The van der Waals surface area contributed by atoms with Gasteiger partial charge in [0.25, 0.3) is 0 Å². The Morgan fingerprint density at radius 2 is 1.77 bits per heavy atom. The lowest BCUT2D eigenvalue weighted by Gasteiger charge is -2.23. The van der Waals surface area contributed by atoms with Crippen LogP contribution in [0, 0.1) is 0 Å². The van der Waals surface area contributed by atoms with Crippen molar-refractivity contribution in [2.75, 3.05) is 28.3 Å². The Balaban J connectivity index is 1.51. The van der Waals surface area contributed by atoms with Crippen LogP contribution in [0.5, 0.6) is 0 Å². The summed E-state index contributed by atoms with van der Waals surface area (Å²) in [4.78, 5) is 14.6. The number of nitrogens with zero attached hydrogens (tertiary/aromatic N) is 1. The smallest absolute Gasteiger partial charge is 0.319 e. The van der Waals surface area contributed by atoms with E-state index in [9.17, 15) is 13.2 Å². The van der Waals surface area contributed by atoms with Crippen molar-refractivity contribution in [2.24, 2.45) is 0 Å². The topological polar surface area (TPSA) is 78.5 Å². The minimum absolute atomic E-state index is 0.0154. The zero-order chi connectivity index (χ0) is 18.1. The maximum absolute atomic E-state index is 12.4. The highest BCUT2D eigenvalue weighted by Crippen LogP contribution is 2.38. The summed E-state index contributed by atoms with van der Waals surface area (Å²) in [6.45, 7) is 0.862. The molecule has 26 heavy (non-hydrogen) atoms. The number of fused-ring (bicyclic) bond motifs is 1. The van der Waals surface area contributed by atoms with E-state index in [4.69, 9.17) is 0 Å². The number of para-hydroxylation sites is 3. The summed E-state index contributed by atoms with van der Waals surface area (Å²) >= 11 is 0. The van der Waals surface area contributed by atoms with Gasteiger partial charge in [-0.3, -0.25) is 0 Å². The van der Waals surface area contributed by atoms with Gasteiger partial charge in [0.2, 0.25) is 0 Å². The van der Waals surface area contributed by atoms with Gasteiger partial charge in [-0.15, -0.1) is 0 Å². The van der Waals surface area contributed by atoms with Crippen molar-refractivity contribution in [1.82, 2.24) is 5.32 Å². The Morgan fingerprint density at radius 3 is 2.54 bits per heavy atom. The molecule has 2 aromatic carbocycles. The molecule has 2 heterocycles. The van der Waals surface area contributed by atoms with Crippen molar-refractivity contribution >= 4 is 32.9 Å². The van der Waals surface area contributed by atoms with Gasteiger partial charge in [-0.05, 0) is 36.6 Å². The average Bonchev–Trinajstić information content (AvgIpc) is 3.18. The molecular weight excluding hydrogens is 350 g/mol. The molecule has 1 atom stereocenters. The lowest BCUT2D eigenvalue weighted by molar-refractivity contribution is 0.249. The van der Waals surface area contributed by atoms with E-state index in [1.54, 1.807) is 0 Å². The minimum Gasteiger partial charge on any atom is -0.339 e. The lowest BCUT2D eigenvalue weighted by atomic mass is 10.2. The van der Waals surface area contributed by atoms with Crippen LogP contribution < -0.4 is 15.5 Å². The van der Waals surface area contributed by atoms with Gasteiger partial charge in [-0.2, -0.15) is 0 Å². The van der Waals surface area contributed by atoms with Gasteiger partial charge >= 0.3 is 6.03 Å². The maximum atomic E-state index is 12.4. The van der Waals surface area contributed by atoms with Crippen LogP contribution in [0.3, 0.4) is 0 Å². The molecule has 0 bridgehead atoms. The zero-order valence-electron chi connectivity index (χ0n) is 14.3. The first-order valence-corrected chi connectivity index (χ1v) is 10.6. The van der Waals surface area contributed by atoms with Gasteiger partial charge in [-0.1, -0.05) is 30.3 Å². The number of urea groups is 1. The summed E-state index contributed by atoms with van der Waals surface area (Å²) in [6.07, 6.45) is 1.44. The predicted octanol–water partition coefficient (Wildman–Crippen LogP) is 2.69. The normalized spacial score (nSPS) is 20.6. The Kier molecular flexibility index (Phi) is 4.32. The number of hydrogen-bond donors (Lipinski definition) is 2. The fourth-order valence-electron chi connectivity index (χ4n) is 3.66. The second-order valence-electron chi connectivity index (χ2n) is 6.75. The number of sulfone groups is 1. The van der Waals surface area contributed by atoms with Crippen molar-refractivity contribution in [3.05, 3.63) is 54.1 Å². The highest BCUT2D eigenvalue weighted by atomic mass is 32.2. The number of benzene rings is 2. The molecule has 2 aliphatic rings. The molecule has 0 spiro atoms. The lowest BCUT2D eigenvalue weighted by Crippen LogP contribution is -2.38. The fourth-order valence-corrected chi connectivity index (χ4v) is 5.33. The van der Waals surface area contributed by atoms with Gasteiger partial charge in [0.05, 0.1) is 22.9 Å². The summed E-state index contributed by atoms with van der Waals surface area (Å²) in [5, 5.41) is 5.66. The Morgan fingerprint density at radius 1 is 1.04 bits per heavy atom. The summed E-state index contributed by atoms with van der Waals surface area (Å²) < 4.78 is 23.1. The quantitative estimate of drug-likeness (QED) is 0.870. The van der Waals surface area contributed by atoms with Crippen LogP contribution in [0.15, 0.2) is 48.5 Å². The monoisotopic (exact) mass is 371 g/mol. The first kappa shape index (κ1) is 16.9. The number of carbonyl (C=O) groups is 1. The summed E-state index contributed by atoms with van der Waals surface area (Å²) in [5.74, 6) is 0.153. The van der Waals surface area contributed by atoms with E-state index in [-0.39, 0.29) is 23.6 Å². The van der Waals surface area contributed by atoms with E-state index in [0.29, 0.717) is 12.1 Å². The van der Waals surface area contributed by atoms with Gasteiger partial charge < -0.3 is 15.5 Å². The van der Waals surface area contributed by atoms with Crippen molar-refractivity contribution in [2.45, 2.75) is 18.9 Å². The molecule has 0 aliphatic carbocycles. The third-order valence-corrected chi connectivity index (χ3v) is 6.67. The third-order valence-electron chi connectivity index (χ3n) is 4.90. The average molecular weight is 371 g/mol. The predicted molar refractivity (Wildman–Crippen MR) is 103 cm³/mol. The fraction of sp³-hybridized carbons (Fsp3) is 0.316. The van der Waals surface area contributed by atoms with E-state index < -0.39 is 9.84 Å². The number of hydrogen-bond acceptors (Lipinski definition) is 4. The molecule has 4 rings (SSSR count). The van der Waals surface area contributed by atoms with Gasteiger partial charge in [0, 0.05) is 18.3 Å². The minimum atomic E-state index is -3.02. The summed E-state index contributed by atoms with van der Waals surface area (Å²) in [6, 6.07) is 15.2. The molecule has 0 saturated carbocycles. The number of carbonyl (C=O) groups excluding carboxylic acids is 1. The van der Waals surface area contributed by atoms with Crippen LogP contribution in [-0.4, -0.2) is 38.5 Å². The van der Waals surface area contributed by atoms with Crippen LogP contribution in [0.2, 0.25) is 0 Å². The molecule has 0 aromatic heterocycles. The maximum Gasteiger partial charge on any atom is 0.319 e. The van der Waals surface area contributed by atoms with Crippen LogP contribution in [-0.2, 0) is 16.3 Å². The Hall–Kier alpha value is -2.54. The van der Waals surface area contributed by atoms with Gasteiger partial charge in [-0.25, -0.2) is 13.2 Å². The van der Waals surface area contributed by atoms with Crippen molar-refractivity contribution in [3.63, 3.8) is 0 Å². The summed E-state index contributed by atoms with van der Waals surface area (Å²) in [7, 11) is -3.02. The van der Waals surface area contributed by atoms with E-state index >= 15 is 0 Å². The second kappa shape index (κ2) is 6.64. The zero-order valence-corrected chi connectivity index (χ0v) is 15.1. The highest BCUT2D eigenvalue weighted by Gasteiger charge is 2.29. The molecule has 6 nitrogen and oxygen atoms in total. The molecular formula is C19H21N3O3S. The van der Waals surface area contributed by atoms with Crippen LogP contribution in [0.1, 0.15) is 12.0 Å². The van der Waals surface area contributed by atoms with Crippen LogP contribution >= 0.6 is 0 Å². The number of amides is 2. The largest absolute Gasteiger partial charge is 0.339 e. The molecule has 2 N–H and O–H groups in total. The molecule has 2 aliphatic heterocycles. The van der Waals surface area contributed by atoms with Crippen molar-refractivity contribution < 1.29 is 13.2 Å². The molecule has 1 fully saturated rings. The molecule has 7 heteroatoms. The highest BCUT2D eigenvalue weighted by molar-refractivity contribution is 7.91. The van der Waals surface area contributed by atoms with Crippen molar-refractivity contribution in [1.29, 1.82) is 0 Å². The molecule has 0 unspecified atom stereocenters. The Bertz CT molecular complexity index is 943. The van der Waals surface area contributed by atoms with E-state index in [1.807, 2.05) is 36.4 Å². The molecule has 1 saturated heterocycles. The Labute approximate surface area is 153 Å². The van der Waals surface area contributed by atoms with Gasteiger partial charge in [0.15, 0.2) is 9.84 Å². The van der Waals surface area contributed by atoms with Crippen molar-refractivity contribution in [3.8, 4) is 0 Å². The summed E-state index contributed by atoms with van der Waals surface area (Å²) in [5.41, 5.74) is 4.10. The first-order valence-electron chi connectivity index (χ1n) is 8.74. The molecule has 0 radical (unpaired) electrons. The van der Waals surface area contributed by atoms with Crippen LogP contribution in [0.4, 0.5) is 21.9 Å². The number of nitrogens with one attached hydrogen (secondary N) is 2. The first-order chi connectivity index (χ1) is 12.5. The van der Waals surface area contributed by atoms with E-state index in [0.717, 1.165) is 24.3 Å². The SMILES string of the molecule is O=C(Nc1ccccc1N1CCc2ccccc21)N[C@@H]1CCS(=O)(=O)C1. The number of rotatable bonds is 3. The van der Waals surface area contributed by atoms with Crippen LogP contribution in [0.25, 0.3) is 0 Å². The van der Waals surface area contributed by atoms with E-state index in [2.05, 4.69) is 27.7 Å². The second-order valence-corrected chi connectivity index (χ2v) is 8.97. The van der Waals surface area contributed by atoms with Gasteiger partial charge in [0.1, 0.15) is 0 Å². The molecule has 2 aromatic rings. The third kappa shape index (κ3) is 3.39.